The maximum absolute atomic E-state index is 12.9. The summed E-state index contributed by atoms with van der Waals surface area (Å²) in [6.07, 6.45) is 2.03. The topological polar surface area (TPSA) is 62.3 Å². The molecule has 1 aromatic heterocycles. The van der Waals surface area contributed by atoms with E-state index in [0.717, 1.165) is 34.7 Å². The number of hydrogen-bond acceptors (Lipinski definition) is 4. The Morgan fingerprint density at radius 2 is 1.83 bits per heavy atom. The fourth-order valence-electron chi connectivity index (χ4n) is 3.72. The van der Waals surface area contributed by atoms with Crippen LogP contribution in [0.2, 0.25) is 0 Å². The Labute approximate surface area is 180 Å². The lowest BCUT2D eigenvalue weighted by Gasteiger charge is -2.17. The summed E-state index contributed by atoms with van der Waals surface area (Å²) >= 11 is 1.50. The van der Waals surface area contributed by atoms with Crippen molar-refractivity contribution >= 4 is 34.0 Å². The van der Waals surface area contributed by atoms with Crippen molar-refractivity contribution in [3.8, 4) is 11.3 Å². The summed E-state index contributed by atoms with van der Waals surface area (Å²) in [5.74, 6) is -0.540. The van der Waals surface area contributed by atoms with Crippen LogP contribution < -0.4 is 10.2 Å². The van der Waals surface area contributed by atoms with Crippen molar-refractivity contribution < 1.29 is 9.59 Å². The molecule has 1 atom stereocenters. The van der Waals surface area contributed by atoms with Crippen LogP contribution in [0.5, 0.6) is 0 Å². The van der Waals surface area contributed by atoms with Gasteiger partial charge in [0.1, 0.15) is 0 Å². The van der Waals surface area contributed by atoms with Crippen molar-refractivity contribution in [2.24, 2.45) is 5.92 Å². The van der Waals surface area contributed by atoms with Crippen molar-refractivity contribution in [1.29, 1.82) is 0 Å². The van der Waals surface area contributed by atoms with E-state index in [0.29, 0.717) is 11.7 Å². The molecule has 1 fully saturated rings. The number of aromatic nitrogens is 1. The molecule has 2 amide bonds. The van der Waals surface area contributed by atoms with Crippen molar-refractivity contribution in [3.05, 3.63) is 65.0 Å². The molecule has 0 radical (unpaired) electrons. The van der Waals surface area contributed by atoms with E-state index in [2.05, 4.69) is 24.1 Å². The van der Waals surface area contributed by atoms with E-state index in [1.807, 2.05) is 54.6 Å². The van der Waals surface area contributed by atoms with Gasteiger partial charge in [-0.25, -0.2) is 4.98 Å². The first kappa shape index (κ1) is 20.3. The molecule has 0 unspecified atom stereocenters. The second kappa shape index (κ2) is 8.79. The van der Waals surface area contributed by atoms with Gasteiger partial charge in [0.2, 0.25) is 11.8 Å². The molecule has 1 aliphatic heterocycles. The number of carbonyl (C=O) groups excluding carboxylic acids is 2. The van der Waals surface area contributed by atoms with Crippen LogP contribution in [0.15, 0.2) is 54.6 Å². The van der Waals surface area contributed by atoms with Gasteiger partial charge in [-0.1, -0.05) is 56.3 Å². The molecule has 3 aromatic rings. The summed E-state index contributed by atoms with van der Waals surface area (Å²) in [6, 6.07) is 18.0. The van der Waals surface area contributed by atoms with E-state index in [1.165, 1.54) is 16.9 Å². The van der Waals surface area contributed by atoms with Gasteiger partial charge in [0.05, 0.1) is 11.6 Å². The number of thiazole rings is 1. The van der Waals surface area contributed by atoms with Gasteiger partial charge in [-0.3, -0.25) is 9.59 Å². The van der Waals surface area contributed by atoms with Crippen LogP contribution in [0, 0.1) is 5.92 Å². The Morgan fingerprint density at radius 3 is 2.50 bits per heavy atom. The second-order valence-corrected chi connectivity index (χ2v) is 8.51. The summed E-state index contributed by atoms with van der Waals surface area (Å²) < 4.78 is 0. The van der Waals surface area contributed by atoms with Gasteiger partial charge in [0.25, 0.3) is 0 Å². The van der Waals surface area contributed by atoms with Gasteiger partial charge in [0.15, 0.2) is 5.13 Å². The third-order valence-electron chi connectivity index (χ3n) is 5.45. The fraction of sp³-hybridized carbons (Fsp3) is 0.292. The van der Waals surface area contributed by atoms with Gasteiger partial charge >= 0.3 is 0 Å². The van der Waals surface area contributed by atoms with E-state index in [9.17, 15) is 9.59 Å². The van der Waals surface area contributed by atoms with Gasteiger partial charge < -0.3 is 10.2 Å². The van der Waals surface area contributed by atoms with E-state index in [1.54, 1.807) is 4.90 Å². The molecule has 30 heavy (non-hydrogen) atoms. The predicted octanol–water partition coefficient (Wildman–Crippen LogP) is 4.93. The predicted molar refractivity (Wildman–Crippen MR) is 122 cm³/mol. The van der Waals surface area contributed by atoms with Crippen LogP contribution in [0.4, 0.5) is 10.8 Å². The molecule has 0 saturated carbocycles. The number of nitrogens with one attached hydrogen (secondary N) is 1. The first-order valence-electron chi connectivity index (χ1n) is 10.3. The SMILES string of the molecule is CCc1ccc(N2C[C@@H](C(=O)Nc3nc(-c4ccccc4)c(CC)s3)CC2=O)cc1. The highest BCUT2D eigenvalue weighted by atomic mass is 32.1. The van der Waals surface area contributed by atoms with Crippen LogP contribution in [0.3, 0.4) is 0 Å². The monoisotopic (exact) mass is 419 g/mol. The zero-order chi connectivity index (χ0) is 21.1. The molecule has 2 heterocycles. The lowest BCUT2D eigenvalue weighted by molar-refractivity contribution is -0.122. The zero-order valence-corrected chi connectivity index (χ0v) is 18.0. The Balaban J connectivity index is 1.47. The number of nitrogens with zero attached hydrogens (tertiary/aromatic N) is 2. The van der Waals surface area contributed by atoms with Crippen molar-refractivity contribution in [2.45, 2.75) is 33.1 Å². The first-order chi connectivity index (χ1) is 14.6. The summed E-state index contributed by atoms with van der Waals surface area (Å²) in [5, 5.41) is 3.54. The fourth-order valence-corrected chi connectivity index (χ4v) is 4.64. The third-order valence-corrected chi connectivity index (χ3v) is 6.56. The van der Waals surface area contributed by atoms with E-state index >= 15 is 0 Å². The number of anilines is 2. The maximum atomic E-state index is 12.9. The molecule has 1 saturated heterocycles. The van der Waals surface area contributed by atoms with E-state index in [-0.39, 0.29) is 24.2 Å². The van der Waals surface area contributed by atoms with Crippen LogP contribution in [0.1, 0.15) is 30.7 Å². The molecule has 154 valence electrons. The average Bonchev–Trinajstić information content (AvgIpc) is 3.37. The number of rotatable bonds is 6. The Hall–Kier alpha value is -2.99. The van der Waals surface area contributed by atoms with Crippen LogP contribution in [-0.2, 0) is 22.4 Å². The zero-order valence-electron chi connectivity index (χ0n) is 17.2. The minimum atomic E-state index is -0.377. The van der Waals surface area contributed by atoms with Crippen LogP contribution in [-0.4, -0.2) is 23.3 Å². The largest absolute Gasteiger partial charge is 0.312 e. The lowest BCUT2D eigenvalue weighted by atomic mass is 10.1. The minimum Gasteiger partial charge on any atom is -0.312 e. The highest BCUT2D eigenvalue weighted by molar-refractivity contribution is 7.16. The van der Waals surface area contributed by atoms with Gasteiger partial charge in [0, 0.05) is 29.1 Å². The molecule has 5 nitrogen and oxygen atoms in total. The van der Waals surface area contributed by atoms with E-state index in [4.69, 9.17) is 0 Å². The molecule has 0 aliphatic carbocycles. The number of benzene rings is 2. The van der Waals surface area contributed by atoms with Crippen molar-refractivity contribution in [1.82, 2.24) is 4.98 Å². The highest BCUT2D eigenvalue weighted by Gasteiger charge is 2.35. The van der Waals surface area contributed by atoms with Gasteiger partial charge in [-0.2, -0.15) is 0 Å². The van der Waals surface area contributed by atoms with Crippen LogP contribution in [0.25, 0.3) is 11.3 Å². The molecule has 0 spiro atoms. The summed E-state index contributed by atoms with van der Waals surface area (Å²) in [5.41, 5.74) is 4.04. The smallest absolute Gasteiger partial charge is 0.231 e. The quantitative estimate of drug-likeness (QED) is 0.616. The third kappa shape index (κ3) is 4.14. The highest BCUT2D eigenvalue weighted by Crippen LogP contribution is 2.32. The molecule has 1 N–H and O–H groups in total. The van der Waals surface area contributed by atoms with Crippen molar-refractivity contribution in [3.63, 3.8) is 0 Å². The first-order valence-corrected chi connectivity index (χ1v) is 11.2. The number of amides is 2. The molecule has 2 aromatic carbocycles. The number of aryl methyl sites for hydroxylation is 2. The molecule has 0 bridgehead atoms. The second-order valence-electron chi connectivity index (χ2n) is 7.43. The van der Waals surface area contributed by atoms with E-state index < -0.39 is 0 Å². The number of carbonyl (C=O) groups is 2. The molecule has 1 aliphatic rings. The number of hydrogen-bond donors (Lipinski definition) is 1. The average molecular weight is 420 g/mol. The summed E-state index contributed by atoms with van der Waals surface area (Å²) in [7, 11) is 0. The molecular formula is C24H25N3O2S. The molecule has 6 heteroatoms. The van der Waals surface area contributed by atoms with Crippen LogP contribution >= 0.6 is 11.3 Å². The Morgan fingerprint density at radius 1 is 1.10 bits per heavy atom. The molecular weight excluding hydrogens is 394 g/mol. The lowest BCUT2D eigenvalue weighted by Crippen LogP contribution is -2.28. The Kier molecular flexibility index (Phi) is 5.95. The summed E-state index contributed by atoms with van der Waals surface area (Å²) in [4.78, 5) is 32.9. The summed E-state index contributed by atoms with van der Waals surface area (Å²) in [6.45, 7) is 4.58. The van der Waals surface area contributed by atoms with Gasteiger partial charge in [-0.15, -0.1) is 11.3 Å². The standard InChI is InChI=1S/C24H25N3O2S/c1-3-16-10-12-19(13-11-16)27-15-18(14-21(27)28)23(29)26-24-25-22(20(4-2)30-24)17-8-6-5-7-9-17/h5-13,18H,3-4,14-15H2,1-2H3,(H,25,26,29)/t18-/m0/s1. The maximum Gasteiger partial charge on any atom is 0.231 e. The normalized spacial score (nSPS) is 16.1. The van der Waals surface area contributed by atoms with Crippen molar-refractivity contribution in [2.75, 3.05) is 16.8 Å². The van der Waals surface area contributed by atoms with Gasteiger partial charge in [-0.05, 0) is 30.5 Å². The minimum absolute atomic E-state index is 0.0160. The Bertz CT molecular complexity index is 1040. The molecule has 4 rings (SSSR count).